The smallest absolute Gasteiger partial charge is 0.665 e. The summed E-state index contributed by atoms with van der Waals surface area (Å²) in [6, 6.07) is 43.2. The van der Waals surface area contributed by atoms with E-state index >= 15 is 0 Å². The zero-order valence-corrected chi connectivity index (χ0v) is 38.3. The summed E-state index contributed by atoms with van der Waals surface area (Å²) in [7, 11) is 3.87. The van der Waals surface area contributed by atoms with Gasteiger partial charge in [-0.2, -0.15) is 7.11 Å². The largest absolute Gasteiger partial charge is 2.00 e. The van der Waals surface area contributed by atoms with Gasteiger partial charge < -0.3 is 4.74 Å². The number of aryl methyl sites for hydroxylation is 2. The van der Waals surface area contributed by atoms with Crippen LogP contribution in [-0.4, -0.2) is 14.5 Å². The standard InChI is InChI=1S/C59H53N3O.Pt/c1-38-29-39(2)56(63-9)52(30-38)57-61-55-51(21-16-22-54(55)62(57)50-35-45(41-19-14-11-15-20-41)34-49(37-50)59(6,7)8)46-31-44(40-17-12-10-13-18-40)32-47(33-46)53-36-43(27-28-60-53)42-23-25-48(26-24-42)58(3,4)5;/h10-32,34-37H,9H2,1-8H3;/q-2;+2/i3D3,4D3,5D3,23D,24D,25D,26D;. The summed E-state index contributed by atoms with van der Waals surface area (Å²) >= 11 is 0. The van der Waals surface area contributed by atoms with Crippen molar-refractivity contribution >= 4 is 11.0 Å². The molecule has 4 nitrogen and oxygen atoms in total. The minimum absolute atomic E-state index is 0. The van der Waals surface area contributed by atoms with Crippen molar-refractivity contribution in [3.63, 3.8) is 0 Å². The fourth-order valence-electron chi connectivity index (χ4n) is 8.07. The average Bonchev–Trinajstić information content (AvgIpc) is 3.76. The van der Waals surface area contributed by atoms with E-state index in [1.165, 1.54) is 12.3 Å². The molecule has 2 aromatic heterocycles. The van der Waals surface area contributed by atoms with Crippen LogP contribution in [0.2, 0.25) is 0 Å². The number of benzene rings is 7. The van der Waals surface area contributed by atoms with E-state index in [4.69, 9.17) is 32.5 Å². The number of hydrogen-bond acceptors (Lipinski definition) is 3. The van der Waals surface area contributed by atoms with Crippen LogP contribution in [0.5, 0.6) is 5.75 Å². The topological polar surface area (TPSA) is 39.9 Å². The first-order chi connectivity index (χ1) is 35.7. The molecule has 0 spiro atoms. The maximum atomic E-state index is 9.15. The van der Waals surface area contributed by atoms with E-state index in [9.17, 15) is 0 Å². The molecule has 0 aliphatic carbocycles. The SMILES string of the molecule is [2H]c1c([2H])c(C(C([2H])([2H])[2H])(C([2H])([2H])[2H])C([2H])([2H])[2H])c([2H])c([2H])c1-c1ccnc(-c2[c-]c(-c3cccc4c3nc(-c3cc(C)cc(C)c3O[CH2-])n4-c3cc(-c4ccccc4)cc(C(C)(C)C)c3)cc(-c3ccccc3)c2)c1.[Pt+2]. The molecule has 2 heterocycles. The summed E-state index contributed by atoms with van der Waals surface area (Å²) in [6.07, 6.45) is 1.42. The van der Waals surface area contributed by atoms with Crippen molar-refractivity contribution in [2.24, 2.45) is 0 Å². The quantitative estimate of drug-likeness (QED) is 0.142. The van der Waals surface area contributed by atoms with Crippen LogP contribution in [0.25, 0.3) is 83.9 Å². The van der Waals surface area contributed by atoms with E-state index < -0.39 is 55.7 Å². The van der Waals surface area contributed by atoms with Crippen LogP contribution in [0, 0.1) is 27.0 Å². The number of hydrogen-bond donors (Lipinski definition) is 0. The first kappa shape index (κ1) is 30.7. The van der Waals surface area contributed by atoms with Crippen molar-refractivity contribution in [3.8, 4) is 78.6 Å². The molecule has 0 amide bonds. The molecule has 5 heteroatoms. The van der Waals surface area contributed by atoms with Gasteiger partial charge >= 0.3 is 21.1 Å². The number of nitrogens with zero attached hydrogens (tertiary/aromatic N) is 3. The number of imidazole rings is 1. The molecule has 9 aromatic rings. The minimum atomic E-state index is -3.81. The molecule has 0 bridgehead atoms. The summed E-state index contributed by atoms with van der Waals surface area (Å²) in [5, 5.41) is 0. The van der Waals surface area contributed by atoms with Crippen molar-refractivity contribution in [2.75, 3.05) is 0 Å². The van der Waals surface area contributed by atoms with E-state index in [0.29, 0.717) is 33.9 Å². The van der Waals surface area contributed by atoms with E-state index in [2.05, 4.69) is 68.8 Å². The molecule has 9 rings (SSSR count). The molecule has 0 radical (unpaired) electrons. The molecule has 64 heavy (non-hydrogen) atoms. The van der Waals surface area contributed by atoms with Gasteiger partial charge in [0.25, 0.3) is 0 Å². The van der Waals surface area contributed by atoms with Gasteiger partial charge in [-0.05, 0) is 105 Å². The van der Waals surface area contributed by atoms with Crippen molar-refractivity contribution < 1.29 is 43.6 Å². The number of para-hydroxylation sites is 1. The van der Waals surface area contributed by atoms with Gasteiger partial charge in [-0.25, -0.2) is 4.98 Å². The fourth-order valence-corrected chi connectivity index (χ4v) is 8.07. The van der Waals surface area contributed by atoms with Crippen LogP contribution < -0.4 is 4.74 Å². The maximum Gasteiger partial charge on any atom is 2.00 e. The molecule has 0 saturated heterocycles. The second kappa shape index (κ2) is 17.7. The van der Waals surface area contributed by atoms with Crippen LogP contribution in [0.4, 0.5) is 0 Å². The minimum Gasteiger partial charge on any atom is -0.665 e. The first-order valence-corrected chi connectivity index (χ1v) is 20.6. The third-order valence-electron chi connectivity index (χ3n) is 11.2. The van der Waals surface area contributed by atoms with Gasteiger partial charge in [-0.1, -0.05) is 173 Å². The molecule has 7 aromatic carbocycles. The van der Waals surface area contributed by atoms with Crippen molar-refractivity contribution in [2.45, 2.75) is 66.0 Å². The number of ether oxygens (including phenoxy) is 1. The van der Waals surface area contributed by atoms with Crippen molar-refractivity contribution in [3.05, 3.63) is 199 Å². The Bertz CT molecular complexity index is 3650. The van der Waals surface area contributed by atoms with E-state index in [1.807, 2.05) is 105 Å². The molecule has 0 fully saturated rings. The third kappa shape index (κ3) is 8.77. The van der Waals surface area contributed by atoms with Gasteiger partial charge in [-0.15, -0.1) is 23.8 Å². The first-order valence-electron chi connectivity index (χ1n) is 27.1. The monoisotopic (exact) mass is 1030 g/mol. The Labute approximate surface area is 411 Å². The number of aromatic nitrogens is 3. The molecule has 320 valence electrons. The van der Waals surface area contributed by atoms with E-state index in [-0.39, 0.29) is 37.6 Å². The zero-order chi connectivity index (χ0) is 55.0. The summed E-state index contributed by atoms with van der Waals surface area (Å²) in [4.78, 5) is 10.2. The summed E-state index contributed by atoms with van der Waals surface area (Å²) in [5.74, 6) is 1.19. The predicted molar refractivity (Wildman–Crippen MR) is 263 cm³/mol. The molecular formula is C59H53N3OPt. The van der Waals surface area contributed by atoms with Gasteiger partial charge in [0.15, 0.2) is 0 Å². The van der Waals surface area contributed by atoms with E-state index in [1.54, 1.807) is 6.07 Å². The summed E-state index contributed by atoms with van der Waals surface area (Å²) in [6.45, 7) is -0.869. The Morgan fingerprint density at radius 2 is 1.30 bits per heavy atom. The Hall–Kier alpha value is -6.35. The molecule has 0 aliphatic heterocycles. The number of rotatable bonds is 8. The van der Waals surface area contributed by atoms with Gasteiger partial charge in [-0.3, -0.25) is 9.55 Å². The zero-order valence-electron chi connectivity index (χ0n) is 49.1. The fraction of sp³-hybridized carbons (Fsp3) is 0.169. The predicted octanol–water partition coefficient (Wildman–Crippen LogP) is 15.6. The normalized spacial score (nSPS) is 15.2. The van der Waals surface area contributed by atoms with Gasteiger partial charge in [0.1, 0.15) is 5.82 Å². The Balaban J connectivity index is 0.00000784. The average molecular weight is 1030 g/mol. The molecule has 0 saturated carbocycles. The molecule has 0 N–H and O–H groups in total. The molecule has 0 atom stereocenters. The van der Waals surface area contributed by atoms with Crippen LogP contribution in [0.15, 0.2) is 164 Å². The second-order valence-corrected chi connectivity index (χ2v) is 16.9. The molecule has 0 unspecified atom stereocenters. The molecule has 0 aliphatic rings. The number of pyridine rings is 1. The van der Waals surface area contributed by atoms with E-state index in [0.717, 1.165) is 61.3 Å². The number of fused-ring (bicyclic) bond motifs is 1. The van der Waals surface area contributed by atoms with Gasteiger partial charge in [0.2, 0.25) is 0 Å². The van der Waals surface area contributed by atoms with Crippen LogP contribution in [0.3, 0.4) is 0 Å². The van der Waals surface area contributed by atoms with Gasteiger partial charge in [0.05, 0.1) is 27.8 Å². The Morgan fingerprint density at radius 3 is 1.95 bits per heavy atom. The summed E-state index contributed by atoms with van der Waals surface area (Å²) < 4.78 is 119. The maximum absolute atomic E-state index is 9.15. The molecular weight excluding hydrogens is 962 g/mol. The van der Waals surface area contributed by atoms with Crippen LogP contribution in [-0.2, 0) is 31.9 Å². The van der Waals surface area contributed by atoms with Crippen molar-refractivity contribution in [1.29, 1.82) is 0 Å². The summed E-state index contributed by atoms with van der Waals surface area (Å²) in [5.41, 5.74) is 6.50. The van der Waals surface area contributed by atoms with Crippen LogP contribution in [0.1, 0.15) is 81.4 Å². The Kier molecular flexibility index (Phi) is 8.47. The van der Waals surface area contributed by atoms with Crippen LogP contribution >= 0.6 is 0 Å². The Morgan fingerprint density at radius 1 is 0.625 bits per heavy atom. The third-order valence-corrected chi connectivity index (χ3v) is 11.2. The van der Waals surface area contributed by atoms with Gasteiger partial charge in [0, 0.05) is 29.9 Å². The van der Waals surface area contributed by atoms with Crippen molar-refractivity contribution in [1.82, 2.24) is 14.5 Å². The second-order valence-electron chi connectivity index (χ2n) is 16.9.